The van der Waals surface area contributed by atoms with E-state index in [2.05, 4.69) is 40.0 Å². The molecule has 1 aliphatic rings. The quantitative estimate of drug-likeness (QED) is 0.859. The van der Waals surface area contributed by atoms with Gasteiger partial charge in [-0.3, -0.25) is 4.90 Å². The SMILES string of the molecule is Cc1ccc(CN2CCCC(c3ccncn3)C2)s1. The van der Waals surface area contributed by atoms with E-state index in [4.69, 9.17) is 0 Å². The predicted molar refractivity (Wildman–Crippen MR) is 78.3 cm³/mol. The summed E-state index contributed by atoms with van der Waals surface area (Å²) in [5.41, 5.74) is 1.20. The van der Waals surface area contributed by atoms with Crippen LogP contribution in [0, 0.1) is 6.92 Å². The Morgan fingerprint density at radius 2 is 2.32 bits per heavy atom. The summed E-state index contributed by atoms with van der Waals surface area (Å²) in [5, 5.41) is 0. The van der Waals surface area contributed by atoms with Crippen molar-refractivity contribution in [3.05, 3.63) is 46.2 Å². The van der Waals surface area contributed by atoms with Crippen molar-refractivity contribution < 1.29 is 0 Å². The zero-order valence-electron chi connectivity index (χ0n) is 11.2. The number of rotatable bonds is 3. The second-order valence-corrected chi connectivity index (χ2v) is 6.59. The van der Waals surface area contributed by atoms with Gasteiger partial charge in [0.15, 0.2) is 0 Å². The Hall–Kier alpha value is -1.26. The van der Waals surface area contributed by atoms with E-state index < -0.39 is 0 Å². The third-order valence-electron chi connectivity index (χ3n) is 3.70. The Bertz CT molecular complexity index is 523. The first-order valence-electron chi connectivity index (χ1n) is 6.85. The summed E-state index contributed by atoms with van der Waals surface area (Å²) in [6, 6.07) is 6.53. The van der Waals surface area contributed by atoms with Crippen LogP contribution in [0.4, 0.5) is 0 Å². The number of hydrogen-bond donors (Lipinski definition) is 0. The van der Waals surface area contributed by atoms with E-state index >= 15 is 0 Å². The Morgan fingerprint density at radius 1 is 1.37 bits per heavy atom. The topological polar surface area (TPSA) is 29.0 Å². The second-order valence-electron chi connectivity index (χ2n) is 5.22. The van der Waals surface area contributed by atoms with E-state index in [-0.39, 0.29) is 0 Å². The van der Waals surface area contributed by atoms with Gasteiger partial charge in [-0.1, -0.05) is 0 Å². The van der Waals surface area contributed by atoms with Crippen molar-refractivity contribution in [2.24, 2.45) is 0 Å². The molecule has 0 aliphatic carbocycles. The zero-order chi connectivity index (χ0) is 13.1. The highest BCUT2D eigenvalue weighted by Crippen LogP contribution is 2.27. The average Bonchev–Trinajstić information content (AvgIpc) is 2.85. The molecule has 3 heterocycles. The lowest BCUT2D eigenvalue weighted by Crippen LogP contribution is -2.33. The first kappa shape index (κ1) is 12.8. The molecule has 0 N–H and O–H groups in total. The van der Waals surface area contributed by atoms with Gasteiger partial charge in [-0.15, -0.1) is 11.3 Å². The molecular weight excluding hydrogens is 254 g/mol. The minimum absolute atomic E-state index is 0.567. The molecule has 1 saturated heterocycles. The molecule has 1 aliphatic heterocycles. The number of hydrogen-bond acceptors (Lipinski definition) is 4. The Morgan fingerprint density at radius 3 is 3.05 bits per heavy atom. The monoisotopic (exact) mass is 273 g/mol. The largest absolute Gasteiger partial charge is 0.298 e. The fourth-order valence-electron chi connectivity index (χ4n) is 2.77. The van der Waals surface area contributed by atoms with Gasteiger partial charge in [0, 0.05) is 40.7 Å². The molecule has 1 fully saturated rings. The maximum Gasteiger partial charge on any atom is 0.115 e. The molecule has 0 aromatic carbocycles. The summed E-state index contributed by atoms with van der Waals surface area (Å²) in [7, 11) is 0. The normalized spacial score (nSPS) is 20.6. The predicted octanol–water partition coefficient (Wildman–Crippen LogP) is 3.23. The minimum Gasteiger partial charge on any atom is -0.298 e. The van der Waals surface area contributed by atoms with Crippen molar-refractivity contribution in [2.75, 3.05) is 13.1 Å². The lowest BCUT2D eigenvalue weighted by Gasteiger charge is -2.32. The molecule has 1 unspecified atom stereocenters. The van der Waals surface area contributed by atoms with Crippen LogP contribution in [0.2, 0.25) is 0 Å². The third kappa shape index (κ3) is 3.19. The summed E-state index contributed by atoms with van der Waals surface area (Å²) in [6.45, 7) is 5.58. The summed E-state index contributed by atoms with van der Waals surface area (Å²) in [6.07, 6.45) is 6.02. The van der Waals surface area contributed by atoms with Crippen LogP contribution in [-0.4, -0.2) is 28.0 Å². The molecule has 4 heteroatoms. The first-order chi connectivity index (χ1) is 9.31. The first-order valence-corrected chi connectivity index (χ1v) is 7.66. The van der Waals surface area contributed by atoms with Crippen LogP contribution < -0.4 is 0 Å². The van der Waals surface area contributed by atoms with Gasteiger partial charge < -0.3 is 0 Å². The Labute approximate surface area is 118 Å². The van der Waals surface area contributed by atoms with Crippen molar-refractivity contribution in [1.29, 1.82) is 0 Å². The second kappa shape index (κ2) is 5.80. The third-order valence-corrected chi connectivity index (χ3v) is 4.69. The lowest BCUT2D eigenvalue weighted by atomic mass is 9.94. The van der Waals surface area contributed by atoms with E-state index in [0.717, 1.165) is 13.1 Å². The smallest absolute Gasteiger partial charge is 0.115 e. The molecule has 0 saturated carbocycles. The fourth-order valence-corrected chi connectivity index (χ4v) is 3.71. The zero-order valence-corrected chi connectivity index (χ0v) is 12.1. The fraction of sp³-hybridized carbons (Fsp3) is 0.467. The molecule has 100 valence electrons. The van der Waals surface area contributed by atoms with E-state index in [1.54, 1.807) is 6.33 Å². The van der Waals surface area contributed by atoms with E-state index in [1.165, 1.54) is 34.8 Å². The van der Waals surface area contributed by atoms with Gasteiger partial charge in [0.2, 0.25) is 0 Å². The maximum absolute atomic E-state index is 4.41. The average molecular weight is 273 g/mol. The Balaban J connectivity index is 1.65. The van der Waals surface area contributed by atoms with Gasteiger partial charge in [-0.05, 0) is 44.5 Å². The number of thiophene rings is 1. The molecule has 0 radical (unpaired) electrons. The van der Waals surface area contributed by atoms with Crippen LogP contribution in [0.25, 0.3) is 0 Å². The molecule has 19 heavy (non-hydrogen) atoms. The van der Waals surface area contributed by atoms with Crippen LogP contribution >= 0.6 is 11.3 Å². The maximum atomic E-state index is 4.41. The van der Waals surface area contributed by atoms with Gasteiger partial charge in [0.1, 0.15) is 6.33 Å². The van der Waals surface area contributed by atoms with Crippen LogP contribution in [0.1, 0.15) is 34.2 Å². The van der Waals surface area contributed by atoms with Crippen LogP contribution in [-0.2, 0) is 6.54 Å². The standard InChI is InChI=1S/C15H19N3S/c1-12-4-5-14(19-12)10-18-8-2-3-13(9-18)15-6-7-16-11-17-15/h4-7,11,13H,2-3,8-10H2,1H3. The van der Waals surface area contributed by atoms with E-state index in [9.17, 15) is 0 Å². The summed E-state index contributed by atoms with van der Waals surface area (Å²) < 4.78 is 0. The number of aryl methyl sites for hydroxylation is 1. The molecule has 3 rings (SSSR count). The summed E-state index contributed by atoms with van der Waals surface area (Å²) in [5.74, 6) is 0.567. The molecule has 0 bridgehead atoms. The van der Waals surface area contributed by atoms with Crippen molar-refractivity contribution in [2.45, 2.75) is 32.2 Å². The van der Waals surface area contributed by atoms with Gasteiger partial charge in [0.05, 0.1) is 0 Å². The van der Waals surface area contributed by atoms with Crippen molar-refractivity contribution in [1.82, 2.24) is 14.9 Å². The number of piperidine rings is 1. The highest BCUT2D eigenvalue weighted by molar-refractivity contribution is 7.11. The molecule has 0 spiro atoms. The minimum atomic E-state index is 0.567. The van der Waals surface area contributed by atoms with Crippen molar-refractivity contribution in [3.63, 3.8) is 0 Å². The number of likely N-dealkylation sites (tertiary alicyclic amines) is 1. The molecule has 2 aromatic heterocycles. The highest BCUT2D eigenvalue weighted by Gasteiger charge is 2.22. The summed E-state index contributed by atoms with van der Waals surface area (Å²) >= 11 is 1.91. The van der Waals surface area contributed by atoms with Crippen molar-refractivity contribution >= 4 is 11.3 Å². The van der Waals surface area contributed by atoms with Crippen molar-refractivity contribution in [3.8, 4) is 0 Å². The molecular formula is C15H19N3S. The molecule has 0 amide bonds. The van der Waals surface area contributed by atoms with E-state index in [1.807, 2.05) is 17.5 Å². The summed E-state index contributed by atoms with van der Waals surface area (Å²) in [4.78, 5) is 13.9. The highest BCUT2D eigenvalue weighted by atomic mass is 32.1. The van der Waals surface area contributed by atoms with Gasteiger partial charge in [-0.2, -0.15) is 0 Å². The lowest BCUT2D eigenvalue weighted by molar-refractivity contribution is 0.200. The van der Waals surface area contributed by atoms with E-state index in [0.29, 0.717) is 5.92 Å². The molecule has 2 aromatic rings. The van der Waals surface area contributed by atoms with Crippen LogP contribution in [0.15, 0.2) is 30.7 Å². The van der Waals surface area contributed by atoms with Crippen LogP contribution in [0.3, 0.4) is 0 Å². The van der Waals surface area contributed by atoms with Gasteiger partial charge in [0.25, 0.3) is 0 Å². The van der Waals surface area contributed by atoms with Gasteiger partial charge >= 0.3 is 0 Å². The number of aromatic nitrogens is 2. The number of nitrogens with zero attached hydrogens (tertiary/aromatic N) is 3. The van der Waals surface area contributed by atoms with Gasteiger partial charge in [-0.25, -0.2) is 9.97 Å². The van der Waals surface area contributed by atoms with Crippen LogP contribution in [0.5, 0.6) is 0 Å². The molecule has 3 nitrogen and oxygen atoms in total. The Kier molecular flexibility index (Phi) is 3.89. The molecule has 1 atom stereocenters.